The van der Waals surface area contributed by atoms with Gasteiger partial charge < -0.3 is 15.0 Å². The molecule has 0 amide bonds. The van der Waals surface area contributed by atoms with Gasteiger partial charge in [-0.05, 0) is 34.1 Å². The molecule has 5 nitrogen and oxygen atoms in total. The molecule has 0 bridgehead atoms. The Morgan fingerprint density at radius 1 is 1.38 bits per heavy atom. The van der Waals surface area contributed by atoms with Gasteiger partial charge in [0.2, 0.25) is 0 Å². The minimum absolute atomic E-state index is 0.114. The van der Waals surface area contributed by atoms with Crippen LogP contribution in [0.4, 0.5) is 5.82 Å². The third-order valence-corrected chi connectivity index (χ3v) is 4.10. The second-order valence-electron chi connectivity index (χ2n) is 7.17. The number of rotatable bonds is 5. The Hall–Kier alpha value is -1.07. The normalized spacial score (nSPS) is 19.5. The van der Waals surface area contributed by atoms with E-state index in [1.165, 1.54) is 17.8 Å². The van der Waals surface area contributed by atoms with E-state index in [4.69, 9.17) is 4.74 Å². The van der Waals surface area contributed by atoms with Crippen LogP contribution < -0.4 is 10.2 Å². The van der Waals surface area contributed by atoms with Gasteiger partial charge in [-0.1, -0.05) is 0 Å². The summed E-state index contributed by atoms with van der Waals surface area (Å²) in [4.78, 5) is 2.46. The van der Waals surface area contributed by atoms with E-state index in [1.54, 1.807) is 7.11 Å². The molecule has 1 atom stereocenters. The summed E-state index contributed by atoms with van der Waals surface area (Å²) >= 11 is 0. The van der Waals surface area contributed by atoms with E-state index >= 15 is 0 Å². The Labute approximate surface area is 128 Å². The lowest BCUT2D eigenvalue weighted by Crippen LogP contribution is -2.36. The maximum Gasteiger partial charge on any atom is 0.131 e. The van der Waals surface area contributed by atoms with Crippen LogP contribution in [-0.4, -0.2) is 42.1 Å². The van der Waals surface area contributed by atoms with Crippen molar-refractivity contribution in [3.8, 4) is 0 Å². The van der Waals surface area contributed by atoms with E-state index < -0.39 is 0 Å². The van der Waals surface area contributed by atoms with Gasteiger partial charge in [0, 0.05) is 50.8 Å². The highest BCUT2D eigenvalue weighted by atomic mass is 16.5. The van der Waals surface area contributed by atoms with Gasteiger partial charge in [-0.15, -0.1) is 0 Å². The number of nitrogens with one attached hydrogen (secondary N) is 1. The van der Waals surface area contributed by atoms with Crippen LogP contribution in [0.2, 0.25) is 0 Å². The van der Waals surface area contributed by atoms with Gasteiger partial charge in [0.05, 0.1) is 12.3 Å². The molecule has 1 aliphatic heterocycles. The smallest absolute Gasteiger partial charge is 0.131 e. The highest BCUT2D eigenvalue weighted by Crippen LogP contribution is 2.29. The molecule has 120 valence electrons. The molecule has 1 aromatic rings. The van der Waals surface area contributed by atoms with Crippen molar-refractivity contribution in [2.24, 2.45) is 13.0 Å². The first-order chi connectivity index (χ1) is 9.81. The average Bonchev–Trinajstić information content (AvgIpc) is 2.91. The number of hydrogen-bond donors (Lipinski definition) is 1. The monoisotopic (exact) mass is 294 g/mol. The maximum atomic E-state index is 5.31. The summed E-state index contributed by atoms with van der Waals surface area (Å²) in [5.41, 5.74) is 2.56. The standard InChI is InChI=1S/C16H30N4O/c1-12-14(9-17-16(2,3)4)15(19(5)18-12)20-8-7-13(10-20)11-21-6/h13,17H,7-11H2,1-6H3. The zero-order valence-corrected chi connectivity index (χ0v) is 14.4. The summed E-state index contributed by atoms with van der Waals surface area (Å²) in [6.45, 7) is 12.6. The summed E-state index contributed by atoms with van der Waals surface area (Å²) in [7, 11) is 3.84. The largest absolute Gasteiger partial charge is 0.384 e. The van der Waals surface area contributed by atoms with Gasteiger partial charge in [0.15, 0.2) is 0 Å². The molecule has 21 heavy (non-hydrogen) atoms. The number of anilines is 1. The number of hydrogen-bond acceptors (Lipinski definition) is 4. The highest BCUT2D eigenvalue weighted by Gasteiger charge is 2.27. The molecule has 0 radical (unpaired) electrons. The van der Waals surface area contributed by atoms with E-state index in [0.29, 0.717) is 5.92 Å². The molecule has 0 saturated carbocycles. The first-order valence-electron chi connectivity index (χ1n) is 7.83. The number of aryl methyl sites for hydroxylation is 2. The summed E-state index contributed by atoms with van der Waals surface area (Å²) in [5, 5.41) is 8.22. The number of ether oxygens (including phenoxy) is 1. The van der Waals surface area contributed by atoms with Crippen molar-refractivity contribution >= 4 is 5.82 Å². The molecule has 2 heterocycles. The van der Waals surface area contributed by atoms with Gasteiger partial charge in [0.25, 0.3) is 0 Å². The van der Waals surface area contributed by atoms with Crippen LogP contribution in [0, 0.1) is 12.8 Å². The van der Waals surface area contributed by atoms with Crippen molar-refractivity contribution in [1.82, 2.24) is 15.1 Å². The molecule has 1 unspecified atom stereocenters. The van der Waals surface area contributed by atoms with Gasteiger partial charge in [-0.2, -0.15) is 5.10 Å². The fraction of sp³-hybridized carbons (Fsp3) is 0.812. The molecule has 1 fully saturated rings. The summed E-state index contributed by atoms with van der Waals surface area (Å²) in [6, 6.07) is 0. The Kier molecular flexibility index (Phi) is 4.94. The van der Waals surface area contributed by atoms with Gasteiger partial charge in [-0.3, -0.25) is 4.68 Å². The summed E-state index contributed by atoms with van der Waals surface area (Å²) in [6.07, 6.45) is 1.20. The van der Waals surface area contributed by atoms with Crippen molar-refractivity contribution in [3.63, 3.8) is 0 Å². The second kappa shape index (κ2) is 6.36. The van der Waals surface area contributed by atoms with Crippen molar-refractivity contribution in [2.45, 2.75) is 46.2 Å². The predicted molar refractivity (Wildman–Crippen MR) is 86.7 cm³/mol. The summed E-state index contributed by atoms with van der Waals surface area (Å²) in [5.74, 6) is 1.90. The average molecular weight is 294 g/mol. The molecule has 1 aliphatic rings. The Morgan fingerprint density at radius 2 is 2.10 bits per heavy atom. The van der Waals surface area contributed by atoms with Gasteiger partial charge >= 0.3 is 0 Å². The van der Waals surface area contributed by atoms with Gasteiger partial charge in [-0.25, -0.2) is 0 Å². The fourth-order valence-corrected chi connectivity index (χ4v) is 3.04. The number of methoxy groups -OCH3 is 1. The Balaban J connectivity index is 2.15. The molecule has 5 heteroatoms. The van der Waals surface area contributed by atoms with Crippen LogP contribution in [0.25, 0.3) is 0 Å². The van der Waals surface area contributed by atoms with E-state index in [1.807, 2.05) is 11.7 Å². The molecule has 1 N–H and O–H groups in total. The van der Waals surface area contributed by atoms with Crippen molar-refractivity contribution in [3.05, 3.63) is 11.3 Å². The Bertz CT molecular complexity index is 475. The molecular weight excluding hydrogens is 264 g/mol. The fourth-order valence-electron chi connectivity index (χ4n) is 3.04. The lowest BCUT2D eigenvalue weighted by atomic mass is 10.1. The van der Waals surface area contributed by atoms with Crippen LogP contribution in [0.15, 0.2) is 0 Å². The van der Waals surface area contributed by atoms with E-state index in [-0.39, 0.29) is 5.54 Å². The van der Waals surface area contributed by atoms with Crippen molar-refractivity contribution in [2.75, 3.05) is 31.7 Å². The third-order valence-electron chi connectivity index (χ3n) is 4.10. The lowest BCUT2D eigenvalue weighted by Gasteiger charge is -2.24. The number of aromatic nitrogens is 2. The van der Waals surface area contributed by atoms with E-state index in [9.17, 15) is 0 Å². The zero-order valence-electron chi connectivity index (χ0n) is 14.4. The van der Waals surface area contributed by atoms with E-state index in [0.717, 1.165) is 31.9 Å². The molecule has 0 spiro atoms. The molecule has 0 aliphatic carbocycles. The van der Waals surface area contributed by atoms with E-state index in [2.05, 4.69) is 43.0 Å². The van der Waals surface area contributed by atoms with Crippen LogP contribution in [0.3, 0.4) is 0 Å². The van der Waals surface area contributed by atoms with Crippen LogP contribution in [0.1, 0.15) is 38.4 Å². The molecular formula is C16H30N4O. The molecule has 2 rings (SSSR count). The molecule has 1 saturated heterocycles. The first-order valence-corrected chi connectivity index (χ1v) is 7.83. The minimum atomic E-state index is 0.114. The van der Waals surface area contributed by atoms with Crippen molar-refractivity contribution in [1.29, 1.82) is 0 Å². The number of nitrogens with zero attached hydrogens (tertiary/aromatic N) is 3. The maximum absolute atomic E-state index is 5.31. The van der Waals surface area contributed by atoms with Crippen LogP contribution >= 0.6 is 0 Å². The topological polar surface area (TPSA) is 42.3 Å². The zero-order chi connectivity index (χ0) is 15.6. The predicted octanol–water partition coefficient (Wildman–Crippen LogP) is 2.09. The van der Waals surface area contributed by atoms with Crippen LogP contribution in [0.5, 0.6) is 0 Å². The molecule has 0 aromatic carbocycles. The molecule has 1 aromatic heterocycles. The first kappa shape index (κ1) is 16.3. The summed E-state index contributed by atoms with van der Waals surface area (Å²) < 4.78 is 7.34. The van der Waals surface area contributed by atoms with Crippen LogP contribution in [-0.2, 0) is 18.3 Å². The highest BCUT2D eigenvalue weighted by molar-refractivity contribution is 5.51. The SMILES string of the molecule is COCC1CCN(c2c(CNC(C)(C)C)c(C)nn2C)C1. The minimum Gasteiger partial charge on any atom is -0.384 e. The van der Waals surface area contributed by atoms with Gasteiger partial charge in [0.1, 0.15) is 5.82 Å². The quantitative estimate of drug-likeness (QED) is 0.903. The Morgan fingerprint density at radius 3 is 2.71 bits per heavy atom. The van der Waals surface area contributed by atoms with Crippen molar-refractivity contribution < 1.29 is 4.74 Å². The second-order valence-corrected chi connectivity index (χ2v) is 7.17. The third kappa shape index (κ3) is 3.98. The lowest BCUT2D eigenvalue weighted by molar-refractivity contribution is 0.161.